The van der Waals surface area contributed by atoms with Crippen molar-refractivity contribution in [3.05, 3.63) is 81.1 Å². The number of furan rings is 1. The number of thiocarbonyl (C=S) groups is 1. The molecule has 1 aliphatic rings. The van der Waals surface area contributed by atoms with Crippen LogP contribution in [0.15, 0.2) is 64.1 Å². The zero-order valence-electron chi connectivity index (χ0n) is 19.0. The van der Waals surface area contributed by atoms with Crippen molar-refractivity contribution >= 4 is 75.1 Å². The van der Waals surface area contributed by atoms with Crippen LogP contribution in [-0.4, -0.2) is 34.2 Å². The fourth-order valence-corrected chi connectivity index (χ4v) is 4.88. The number of ether oxygens (including phenoxy) is 2. The number of halogens is 2. The summed E-state index contributed by atoms with van der Waals surface area (Å²) in [7, 11) is 0. The van der Waals surface area contributed by atoms with Crippen LogP contribution in [0.3, 0.4) is 0 Å². The third-order valence-corrected chi connectivity index (χ3v) is 7.11. The van der Waals surface area contributed by atoms with Gasteiger partial charge >= 0.3 is 0 Å². The van der Waals surface area contributed by atoms with Crippen LogP contribution in [0.5, 0.6) is 11.5 Å². The summed E-state index contributed by atoms with van der Waals surface area (Å²) in [6, 6.07) is 13.7. The lowest BCUT2D eigenvalue weighted by atomic mass is 10.2. The first-order valence-corrected chi connectivity index (χ1v) is 12.7. The molecule has 0 bridgehead atoms. The Morgan fingerprint density at radius 2 is 2.00 bits per heavy atom. The van der Waals surface area contributed by atoms with Gasteiger partial charge in [-0.1, -0.05) is 59.3 Å². The highest BCUT2D eigenvalue weighted by Gasteiger charge is 2.32. The average Bonchev–Trinajstić information content (AvgIpc) is 3.46. The van der Waals surface area contributed by atoms with Crippen molar-refractivity contribution in [3.63, 3.8) is 0 Å². The van der Waals surface area contributed by atoms with E-state index in [2.05, 4.69) is 5.32 Å². The van der Waals surface area contributed by atoms with Crippen LogP contribution in [0.1, 0.15) is 18.2 Å². The molecular formula is C25H20Cl2N2O5S2. The molecule has 0 radical (unpaired) electrons. The number of benzene rings is 2. The molecule has 2 amide bonds. The van der Waals surface area contributed by atoms with Gasteiger partial charge in [0.1, 0.15) is 10.1 Å². The first-order chi connectivity index (χ1) is 17.4. The number of nitrogens with zero attached hydrogens (tertiary/aromatic N) is 1. The van der Waals surface area contributed by atoms with E-state index in [0.29, 0.717) is 43.8 Å². The van der Waals surface area contributed by atoms with Crippen LogP contribution in [0.2, 0.25) is 10.0 Å². The van der Waals surface area contributed by atoms with E-state index >= 15 is 0 Å². The fourth-order valence-electron chi connectivity index (χ4n) is 3.28. The van der Waals surface area contributed by atoms with Crippen LogP contribution >= 0.6 is 47.2 Å². The summed E-state index contributed by atoms with van der Waals surface area (Å²) in [5.74, 6) is 0.855. The largest absolute Gasteiger partial charge is 0.490 e. The predicted octanol–water partition coefficient (Wildman–Crippen LogP) is 6.40. The smallest absolute Gasteiger partial charge is 0.266 e. The summed E-state index contributed by atoms with van der Waals surface area (Å²) in [6.45, 7) is 2.22. The summed E-state index contributed by atoms with van der Waals surface area (Å²) in [4.78, 5) is 27.2. The lowest BCUT2D eigenvalue weighted by Crippen LogP contribution is -2.27. The molecule has 3 aromatic rings. The van der Waals surface area contributed by atoms with E-state index in [1.54, 1.807) is 60.9 Å². The van der Waals surface area contributed by atoms with E-state index in [1.165, 1.54) is 16.7 Å². The third-order valence-electron chi connectivity index (χ3n) is 4.92. The van der Waals surface area contributed by atoms with Crippen molar-refractivity contribution in [3.8, 4) is 11.5 Å². The predicted molar refractivity (Wildman–Crippen MR) is 146 cm³/mol. The van der Waals surface area contributed by atoms with Crippen molar-refractivity contribution in [2.75, 3.05) is 18.5 Å². The highest BCUT2D eigenvalue weighted by Crippen LogP contribution is 2.36. The van der Waals surface area contributed by atoms with Crippen LogP contribution in [0.25, 0.3) is 6.08 Å². The zero-order chi connectivity index (χ0) is 25.7. The molecule has 0 saturated carbocycles. The van der Waals surface area contributed by atoms with Gasteiger partial charge < -0.3 is 19.2 Å². The summed E-state index contributed by atoms with van der Waals surface area (Å²) in [6.07, 6.45) is 3.29. The second-order valence-corrected chi connectivity index (χ2v) is 9.89. The summed E-state index contributed by atoms with van der Waals surface area (Å²) >= 11 is 18.7. The minimum absolute atomic E-state index is 0.198. The molecule has 4 rings (SSSR count). The monoisotopic (exact) mass is 562 g/mol. The van der Waals surface area contributed by atoms with Gasteiger partial charge in [-0.3, -0.25) is 14.5 Å². The summed E-state index contributed by atoms with van der Waals surface area (Å²) in [5.41, 5.74) is 1.11. The molecule has 1 aromatic heterocycles. The van der Waals surface area contributed by atoms with Crippen molar-refractivity contribution in [2.45, 2.75) is 13.5 Å². The lowest BCUT2D eigenvalue weighted by molar-refractivity contribution is -0.122. The number of hydrogen-bond acceptors (Lipinski definition) is 7. The fraction of sp³-hybridized carbons (Fsp3) is 0.160. The third kappa shape index (κ3) is 6.22. The number of anilines is 1. The standard InChI is InChI=1S/C25H20Cl2N2O5S2/c1-2-32-20-11-15(12-21-24(31)29(25(35)36-21)13-16-5-4-10-33-16)8-9-19(20)34-14-22(30)28-18-7-3-6-17(26)23(18)27/h3-12H,2,13-14H2,1H3,(H,28,30)/b21-12-. The molecule has 0 aliphatic carbocycles. The van der Waals surface area contributed by atoms with Crippen LogP contribution in [-0.2, 0) is 16.1 Å². The first-order valence-electron chi connectivity index (χ1n) is 10.8. The minimum Gasteiger partial charge on any atom is -0.490 e. The lowest BCUT2D eigenvalue weighted by Gasteiger charge is -2.13. The van der Waals surface area contributed by atoms with E-state index in [4.69, 9.17) is 49.3 Å². The van der Waals surface area contributed by atoms with E-state index < -0.39 is 5.91 Å². The van der Waals surface area contributed by atoms with Gasteiger partial charge in [0.25, 0.3) is 11.8 Å². The zero-order valence-corrected chi connectivity index (χ0v) is 22.1. The van der Waals surface area contributed by atoms with E-state index in [1.807, 2.05) is 6.92 Å². The summed E-state index contributed by atoms with van der Waals surface area (Å²) in [5, 5.41) is 3.25. The maximum Gasteiger partial charge on any atom is 0.266 e. The van der Waals surface area contributed by atoms with Gasteiger partial charge in [0, 0.05) is 0 Å². The first kappa shape index (κ1) is 26.1. The second-order valence-electron chi connectivity index (χ2n) is 7.42. The molecule has 1 fully saturated rings. The number of nitrogens with one attached hydrogen (secondary N) is 1. The Labute approximate surface area is 227 Å². The molecule has 11 heteroatoms. The Balaban J connectivity index is 1.44. The van der Waals surface area contributed by atoms with Crippen molar-refractivity contribution < 1.29 is 23.5 Å². The number of carbonyl (C=O) groups is 2. The average molecular weight is 563 g/mol. The van der Waals surface area contributed by atoms with E-state index in [-0.39, 0.29) is 24.1 Å². The maximum absolute atomic E-state index is 12.9. The molecule has 1 N–H and O–H groups in total. The van der Waals surface area contributed by atoms with Gasteiger partial charge in [-0.25, -0.2) is 0 Å². The normalized spacial score (nSPS) is 14.4. The molecule has 1 aliphatic heterocycles. The van der Waals surface area contributed by atoms with Crippen LogP contribution < -0.4 is 14.8 Å². The number of thioether (sulfide) groups is 1. The SMILES string of the molecule is CCOc1cc(/C=C2\SC(=S)N(Cc3ccco3)C2=O)ccc1OCC(=O)Nc1cccc(Cl)c1Cl. The number of rotatable bonds is 9. The Kier molecular flexibility index (Phi) is 8.58. The Morgan fingerprint density at radius 1 is 1.17 bits per heavy atom. The van der Waals surface area contributed by atoms with Crippen molar-refractivity contribution in [2.24, 2.45) is 0 Å². The van der Waals surface area contributed by atoms with Gasteiger partial charge in [0.2, 0.25) is 0 Å². The molecule has 7 nitrogen and oxygen atoms in total. The molecule has 186 valence electrons. The van der Waals surface area contributed by atoms with Crippen LogP contribution in [0, 0.1) is 0 Å². The van der Waals surface area contributed by atoms with Gasteiger partial charge in [-0.2, -0.15) is 0 Å². The van der Waals surface area contributed by atoms with Gasteiger partial charge in [0.05, 0.1) is 40.1 Å². The Hall–Kier alpha value is -2.98. The van der Waals surface area contributed by atoms with Gasteiger partial charge in [-0.15, -0.1) is 0 Å². The second kappa shape index (κ2) is 11.8. The number of amides is 2. The molecule has 2 aromatic carbocycles. The topological polar surface area (TPSA) is 81.0 Å². The Bertz CT molecular complexity index is 1330. The molecular weight excluding hydrogens is 543 g/mol. The molecule has 0 unspecified atom stereocenters. The Morgan fingerprint density at radius 3 is 2.75 bits per heavy atom. The van der Waals surface area contributed by atoms with Gasteiger partial charge in [0.15, 0.2) is 18.1 Å². The summed E-state index contributed by atoms with van der Waals surface area (Å²) < 4.78 is 17.2. The highest BCUT2D eigenvalue weighted by atomic mass is 35.5. The quantitative estimate of drug-likeness (QED) is 0.238. The van der Waals surface area contributed by atoms with Crippen molar-refractivity contribution in [1.82, 2.24) is 4.90 Å². The molecule has 0 atom stereocenters. The number of hydrogen-bond donors (Lipinski definition) is 1. The molecule has 36 heavy (non-hydrogen) atoms. The van der Waals surface area contributed by atoms with Crippen LogP contribution in [0.4, 0.5) is 5.69 Å². The molecule has 0 spiro atoms. The highest BCUT2D eigenvalue weighted by molar-refractivity contribution is 8.26. The van der Waals surface area contributed by atoms with Crippen molar-refractivity contribution in [1.29, 1.82) is 0 Å². The van der Waals surface area contributed by atoms with E-state index in [9.17, 15) is 9.59 Å². The maximum atomic E-state index is 12.9. The van der Waals surface area contributed by atoms with Gasteiger partial charge in [-0.05, 0) is 55.0 Å². The minimum atomic E-state index is -0.411. The number of carbonyl (C=O) groups excluding carboxylic acids is 2. The van der Waals surface area contributed by atoms with E-state index in [0.717, 1.165) is 5.56 Å². The molecule has 2 heterocycles. The molecule has 1 saturated heterocycles.